The van der Waals surface area contributed by atoms with Crippen LogP contribution in [0.15, 0.2) is 24.3 Å². The fourth-order valence-electron chi connectivity index (χ4n) is 0.842. The number of nitrogens with two attached hydrogens (primary N) is 1. The van der Waals surface area contributed by atoms with Gasteiger partial charge in [0.15, 0.2) is 0 Å². The van der Waals surface area contributed by atoms with Gasteiger partial charge in [-0.05, 0) is 18.6 Å². The molecule has 0 aromatic heterocycles. The molecular formula is C9H9FNO. The molecule has 0 fully saturated rings. The van der Waals surface area contributed by atoms with Crippen molar-refractivity contribution in [2.45, 2.75) is 12.6 Å². The molecule has 0 aliphatic carbocycles. The highest BCUT2D eigenvalue weighted by atomic mass is 19.1. The van der Waals surface area contributed by atoms with E-state index in [2.05, 4.69) is 6.07 Å². The third-order valence-electron chi connectivity index (χ3n) is 1.72. The smallest absolute Gasteiger partial charge is 0.259 e. The van der Waals surface area contributed by atoms with Crippen molar-refractivity contribution < 1.29 is 9.18 Å². The largest absolute Gasteiger partial charge is 0.367 e. The standard InChI is InChI=1S/C9H9FNO/c1-9(10,8(11)12)7-5-3-2-4-6-7/h3-6H,1H3,(H2,11,12)/t9-/m1/s1. The van der Waals surface area contributed by atoms with Gasteiger partial charge in [0.25, 0.3) is 5.91 Å². The van der Waals surface area contributed by atoms with E-state index >= 15 is 0 Å². The van der Waals surface area contributed by atoms with Gasteiger partial charge in [-0.25, -0.2) is 4.39 Å². The molecular weight excluding hydrogens is 157 g/mol. The van der Waals surface area contributed by atoms with Gasteiger partial charge in [-0.2, -0.15) is 0 Å². The first-order chi connectivity index (χ1) is 5.55. The Labute approximate surface area is 70.2 Å². The van der Waals surface area contributed by atoms with E-state index < -0.39 is 11.6 Å². The molecule has 0 saturated heterocycles. The van der Waals surface area contributed by atoms with Crippen LogP contribution < -0.4 is 5.73 Å². The topological polar surface area (TPSA) is 43.1 Å². The molecule has 0 bridgehead atoms. The van der Waals surface area contributed by atoms with Crippen LogP contribution in [0.3, 0.4) is 0 Å². The molecule has 0 aliphatic heterocycles. The first-order valence-corrected chi connectivity index (χ1v) is 3.50. The number of carbonyl (C=O) groups is 1. The Bertz CT molecular complexity index is 282. The Morgan fingerprint density at radius 2 is 2.08 bits per heavy atom. The van der Waals surface area contributed by atoms with E-state index in [1.165, 1.54) is 24.3 Å². The second kappa shape index (κ2) is 2.93. The van der Waals surface area contributed by atoms with Crippen LogP contribution in [0.2, 0.25) is 0 Å². The van der Waals surface area contributed by atoms with Crippen molar-refractivity contribution in [1.82, 2.24) is 0 Å². The van der Waals surface area contributed by atoms with Gasteiger partial charge in [-0.3, -0.25) is 4.79 Å². The Kier molecular flexibility index (Phi) is 2.13. The minimum absolute atomic E-state index is 0.258. The number of amides is 1. The SMILES string of the molecule is C[C@](F)(C(N)=O)c1cc[c]cc1. The molecule has 0 heterocycles. The average molecular weight is 166 g/mol. The lowest BCUT2D eigenvalue weighted by molar-refractivity contribution is -0.128. The number of halogens is 1. The highest BCUT2D eigenvalue weighted by Gasteiger charge is 2.32. The Morgan fingerprint density at radius 1 is 1.58 bits per heavy atom. The molecule has 0 unspecified atom stereocenters. The summed E-state index contributed by atoms with van der Waals surface area (Å²) in [7, 11) is 0. The Hall–Kier alpha value is -1.38. The van der Waals surface area contributed by atoms with Crippen LogP contribution in [0.1, 0.15) is 12.5 Å². The molecule has 1 radical (unpaired) electrons. The summed E-state index contributed by atoms with van der Waals surface area (Å²) in [6.07, 6.45) is 0. The molecule has 0 spiro atoms. The zero-order valence-corrected chi connectivity index (χ0v) is 6.67. The maximum Gasteiger partial charge on any atom is 0.259 e. The van der Waals surface area contributed by atoms with Gasteiger partial charge in [0, 0.05) is 0 Å². The third-order valence-corrected chi connectivity index (χ3v) is 1.72. The summed E-state index contributed by atoms with van der Waals surface area (Å²) >= 11 is 0. The van der Waals surface area contributed by atoms with E-state index in [1.807, 2.05) is 0 Å². The second-order valence-corrected chi connectivity index (χ2v) is 2.66. The van der Waals surface area contributed by atoms with Crippen LogP contribution in [0.5, 0.6) is 0 Å². The lowest BCUT2D eigenvalue weighted by Gasteiger charge is -2.15. The van der Waals surface area contributed by atoms with Crippen molar-refractivity contribution in [3.8, 4) is 0 Å². The summed E-state index contributed by atoms with van der Waals surface area (Å²) in [5.41, 5.74) is 3.05. The average Bonchev–Trinajstić information content (AvgIpc) is 2.06. The number of alkyl halides is 1. The van der Waals surface area contributed by atoms with Crippen molar-refractivity contribution in [1.29, 1.82) is 0 Å². The van der Waals surface area contributed by atoms with Crippen LogP contribution >= 0.6 is 0 Å². The van der Waals surface area contributed by atoms with Crippen molar-refractivity contribution in [2.24, 2.45) is 5.73 Å². The minimum atomic E-state index is -2.09. The van der Waals surface area contributed by atoms with Crippen LogP contribution in [-0.4, -0.2) is 5.91 Å². The fourth-order valence-corrected chi connectivity index (χ4v) is 0.842. The van der Waals surface area contributed by atoms with Gasteiger partial charge in [0.1, 0.15) is 0 Å². The lowest BCUT2D eigenvalue weighted by Crippen LogP contribution is -2.34. The van der Waals surface area contributed by atoms with E-state index in [0.29, 0.717) is 0 Å². The van der Waals surface area contributed by atoms with Crippen molar-refractivity contribution in [3.05, 3.63) is 35.9 Å². The van der Waals surface area contributed by atoms with Crippen LogP contribution in [0, 0.1) is 6.07 Å². The Balaban J connectivity index is 3.06. The summed E-state index contributed by atoms with van der Waals surface area (Å²) < 4.78 is 13.5. The quantitative estimate of drug-likeness (QED) is 0.703. The first-order valence-electron chi connectivity index (χ1n) is 3.50. The molecule has 1 amide bonds. The van der Waals surface area contributed by atoms with Gasteiger partial charge in [-0.15, -0.1) is 0 Å². The number of benzene rings is 1. The van der Waals surface area contributed by atoms with Crippen LogP contribution in [0.25, 0.3) is 0 Å². The predicted octanol–water partition coefficient (Wildman–Crippen LogP) is 1.16. The van der Waals surface area contributed by atoms with E-state index in [4.69, 9.17) is 5.73 Å². The maximum absolute atomic E-state index is 13.5. The first kappa shape index (κ1) is 8.71. The zero-order chi connectivity index (χ0) is 9.19. The molecule has 2 N–H and O–H groups in total. The van der Waals surface area contributed by atoms with Gasteiger partial charge < -0.3 is 5.73 Å². The molecule has 1 aromatic carbocycles. The summed E-state index contributed by atoms with van der Waals surface area (Å²) in [5.74, 6) is -0.978. The normalized spacial score (nSPS) is 15.2. The number of hydrogen-bond donors (Lipinski definition) is 1. The second-order valence-electron chi connectivity index (χ2n) is 2.66. The highest BCUT2D eigenvalue weighted by Crippen LogP contribution is 2.23. The highest BCUT2D eigenvalue weighted by molar-refractivity contribution is 5.84. The number of primary amides is 1. The van der Waals surface area contributed by atoms with E-state index in [0.717, 1.165) is 6.92 Å². The van der Waals surface area contributed by atoms with E-state index in [9.17, 15) is 9.18 Å². The minimum Gasteiger partial charge on any atom is -0.367 e. The van der Waals surface area contributed by atoms with Gasteiger partial charge in [-0.1, -0.05) is 24.3 Å². The predicted molar refractivity (Wildman–Crippen MR) is 42.9 cm³/mol. The molecule has 3 heteroatoms. The zero-order valence-electron chi connectivity index (χ0n) is 6.67. The molecule has 63 valence electrons. The van der Waals surface area contributed by atoms with Crippen molar-refractivity contribution >= 4 is 5.91 Å². The number of hydrogen-bond acceptors (Lipinski definition) is 1. The summed E-state index contributed by atoms with van der Waals surface area (Å²) in [6, 6.07) is 8.75. The molecule has 1 rings (SSSR count). The maximum atomic E-state index is 13.5. The van der Waals surface area contributed by atoms with Crippen molar-refractivity contribution in [3.63, 3.8) is 0 Å². The number of carbonyl (C=O) groups excluding carboxylic acids is 1. The van der Waals surface area contributed by atoms with Gasteiger partial charge in [0.05, 0.1) is 0 Å². The molecule has 0 saturated carbocycles. The molecule has 1 atom stereocenters. The molecule has 12 heavy (non-hydrogen) atoms. The third kappa shape index (κ3) is 1.44. The van der Waals surface area contributed by atoms with E-state index in [1.54, 1.807) is 0 Å². The lowest BCUT2D eigenvalue weighted by atomic mass is 9.98. The van der Waals surface area contributed by atoms with Gasteiger partial charge in [0.2, 0.25) is 5.67 Å². The van der Waals surface area contributed by atoms with Gasteiger partial charge >= 0.3 is 0 Å². The molecule has 2 nitrogen and oxygen atoms in total. The monoisotopic (exact) mass is 166 g/mol. The molecule has 0 aliphatic rings. The van der Waals surface area contributed by atoms with E-state index in [-0.39, 0.29) is 5.56 Å². The summed E-state index contributed by atoms with van der Waals surface area (Å²) in [4.78, 5) is 10.7. The number of rotatable bonds is 2. The summed E-state index contributed by atoms with van der Waals surface area (Å²) in [6.45, 7) is 1.14. The Morgan fingerprint density at radius 3 is 2.50 bits per heavy atom. The van der Waals surface area contributed by atoms with Crippen LogP contribution in [-0.2, 0) is 10.5 Å². The summed E-state index contributed by atoms with van der Waals surface area (Å²) in [5, 5.41) is 0. The molecule has 1 aromatic rings. The van der Waals surface area contributed by atoms with Crippen LogP contribution in [0.4, 0.5) is 4.39 Å². The fraction of sp³-hybridized carbons (Fsp3) is 0.222. The van der Waals surface area contributed by atoms with Crippen molar-refractivity contribution in [2.75, 3.05) is 0 Å².